The molecule has 0 aliphatic rings. The molecular formula is C18H20O. The van der Waals surface area contributed by atoms with Crippen molar-refractivity contribution < 1.29 is 4.79 Å². The summed E-state index contributed by atoms with van der Waals surface area (Å²) in [6.07, 6.45) is 2.69. The van der Waals surface area contributed by atoms with Crippen LogP contribution in [0.4, 0.5) is 0 Å². The third-order valence-corrected chi connectivity index (χ3v) is 3.26. The van der Waals surface area contributed by atoms with E-state index in [1.807, 2.05) is 37.3 Å². The molecule has 0 heterocycles. The number of ketones is 1. The molecule has 98 valence electrons. The van der Waals surface area contributed by atoms with Crippen LogP contribution in [-0.4, -0.2) is 5.78 Å². The van der Waals surface area contributed by atoms with Gasteiger partial charge in [0.1, 0.15) is 0 Å². The first-order chi connectivity index (χ1) is 9.19. The molecule has 0 saturated carbocycles. The second-order valence-corrected chi connectivity index (χ2v) is 5.04. The zero-order valence-corrected chi connectivity index (χ0v) is 11.6. The van der Waals surface area contributed by atoms with E-state index >= 15 is 0 Å². The lowest BCUT2D eigenvalue weighted by molar-refractivity contribution is 0.0993. The van der Waals surface area contributed by atoms with E-state index in [2.05, 4.69) is 25.1 Å². The fraction of sp³-hybridized carbons (Fsp3) is 0.278. The molecule has 0 unspecified atom stereocenters. The molecule has 0 spiro atoms. The molecule has 0 N–H and O–H groups in total. The second-order valence-electron chi connectivity index (χ2n) is 5.04. The topological polar surface area (TPSA) is 17.1 Å². The molecule has 0 amide bonds. The Kier molecular flexibility index (Phi) is 4.51. The van der Waals surface area contributed by atoms with Gasteiger partial charge in [-0.3, -0.25) is 4.79 Å². The Balaban J connectivity index is 2.07. The number of rotatable bonds is 5. The maximum atomic E-state index is 12.2. The number of hydrogen-bond donors (Lipinski definition) is 0. The Morgan fingerprint density at radius 1 is 1.00 bits per heavy atom. The van der Waals surface area contributed by atoms with Crippen molar-refractivity contribution in [1.82, 2.24) is 0 Å². The van der Waals surface area contributed by atoms with E-state index in [1.165, 1.54) is 11.1 Å². The van der Waals surface area contributed by atoms with E-state index in [0.717, 1.165) is 24.0 Å². The summed E-state index contributed by atoms with van der Waals surface area (Å²) in [6, 6.07) is 16.2. The van der Waals surface area contributed by atoms with Crippen molar-refractivity contribution in [2.75, 3.05) is 0 Å². The van der Waals surface area contributed by atoms with Gasteiger partial charge in [0, 0.05) is 12.0 Å². The van der Waals surface area contributed by atoms with Crippen LogP contribution in [0.3, 0.4) is 0 Å². The Labute approximate surface area is 115 Å². The Bertz CT molecular complexity index is 552. The van der Waals surface area contributed by atoms with Gasteiger partial charge in [-0.05, 0) is 24.5 Å². The number of Topliss-reactive ketones (excluding diaryl/α,β-unsaturated/α-hetero) is 1. The predicted molar refractivity (Wildman–Crippen MR) is 79.7 cm³/mol. The zero-order valence-electron chi connectivity index (χ0n) is 11.6. The predicted octanol–water partition coefficient (Wildman–Crippen LogP) is 4.37. The number of benzene rings is 2. The highest BCUT2D eigenvalue weighted by Crippen LogP contribution is 2.11. The van der Waals surface area contributed by atoms with Gasteiger partial charge in [-0.1, -0.05) is 67.4 Å². The minimum Gasteiger partial charge on any atom is -0.294 e. The molecule has 2 aromatic rings. The summed E-state index contributed by atoms with van der Waals surface area (Å²) in [5, 5.41) is 0. The van der Waals surface area contributed by atoms with Gasteiger partial charge in [0.25, 0.3) is 0 Å². The van der Waals surface area contributed by atoms with Crippen molar-refractivity contribution in [2.45, 2.75) is 33.1 Å². The highest BCUT2D eigenvalue weighted by molar-refractivity contribution is 5.97. The third-order valence-electron chi connectivity index (χ3n) is 3.26. The smallest absolute Gasteiger partial charge is 0.167 e. The van der Waals surface area contributed by atoms with Crippen molar-refractivity contribution in [3.05, 3.63) is 70.8 Å². The van der Waals surface area contributed by atoms with Gasteiger partial charge in [0.05, 0.1) is 0 Å². The van der Waals surface area contributed by atoms with Crippen molar-refractivity contribution in [3.63, 3.8) is 0 Å². The van der Waals surface area contributed by atoms with E-state index in [4.69, 9.17) is 0 Å². The number of hydrogen-bond acceptors (Lipinski definition) is 1. The summed E-state index contributed by atoms with van der Waals surface area (Å²) in [5.41, 5.74) is 4.39. The van der Waals surface area contributed by atoms with Crippen molar-refractivity contribution >= 4 is 5.78 Å². The van der Waals surface area contributed by atoms with Crippen LogP contribution < -0.4 is 0 Å². The summed E-state index contributed by atoms with van der Waals surface area (Å²) < 4.78 is 0. The Hall–Kier alpha value is -1.89. The number of aryl methyl sites for hydroxylation is 2. The maximum absolute atomic E-state index is 12.2. The SMILES string of the molecule is CCCc1ccc(C(=O)Cc2cccc(C)c2)cc1. The molecule has 0 radical (unpaired) electrons. The van der Waals surface area contributed by atoms with Crippen LogP contribution >= 0.6 is 0 Å². The molecule has 1 heteroatoms. The van der Waals surface area contributed by atoms with Crippen molar-refractivity contribution in [3.8, 4) is 0 Å². The molecule has 0 fully saturated rings. The molecule has 0 aliphatic carbocycles. The van der Waals surface area contributed by atoms with E-state index in [-0.39, 0.29) is 5.78 Å². The van der Waals surface area contributed by atoms with Crippen LogP contribution in [0, 0.1) is 6.92 Å². The quantitative estimate of drug-likeness (QED) is 0.722. The van der Waals surface area contributed by atoms with Crippen LogP contribution in [0.5, 0.6) is 0 Å². The van der Waals surface area contributed by atoms with Crippen LogP contribution in [-0.2, 0) is 12.8 Å². The first-order valence-corrected chi connectivity index (χ1v) is 6.86. The molecule has 0 aliphatic heterocycles. The van der Waals surface area contributed by atoms with Gasteiger partial charge in [-0.15, -0.1) is 0 Å². The lowest BCUT2D eigenvalue weighted by Gasteiger charge is -2.04. The van der Waals surface area contributed by atoms with E-state index in [9.17, 15) is 4.79 Å². The molecule has 2 rings (SSSR count). The fourth-order valence-electron chi connectivity index (χ4n) is 2.26. The zero-order chi connectivity index (χ0) is 13.7. The van der Waals surface area contributed by atoms with Gasteiger partial charge < -0.3 is 0 Å². The van der Waals surface area contributed by atoms with Crippen LogP contribution in [0.2, 0.25) is 0 Å². The molecule has 1 nitrogen and oxygen atoms in total. The first kappa shape index (κ1) is 13.5. The standard InChI is InChI=1S/C18H20O/c1-3-5-15-8-10-17(11-9-15)18(19)13-16-7-4-6-14(2)12-16/h4,6-12H,3,5,13H2,1-2H3. The van der Waals surface area contributed by atoms with Crippen molar-refractivity contribution in [1.29, 1.82) is 0 Å². The highest BCUT2D eigenvalue weighted by atomic mass is 16.1. The van der Waals surface area contributed by atoms with Gasteiger partial charge >= 0.3 is 0 Å². The summed E-state index contributed by atoms with van der Waals surface area (Å²) in [5.74, 6) is 0.189. The van der Waals surface area contributed by atoms with Gasteiger partial charge in [0.2, 0.25) is 0 Å². The van der Waals surface area contributed by atoms with Crippen LogP contribution in [0.1, 0.15) is 40.4 Å². The third kappa shape index (κ3) is 3.78. The van der Waals surface area contributed by atoms with Gasteiger partial charge in [-0.25, -0.2) is 0 Å². The van der Waals surface area contributed by atoms with E-state index < -0.39 is 0 Å². The Morgan fingerprint density at radius 2 is 1.74 bits per heavy atom. The lowest BCUT2D eigenvalue weighted by Crippen LogP contribution is -2.03. The molecule has 0 aromatic heterocycles. The lowest BCUT2D eigenvalue weighted by atomic mass is 10.00. The average Bonchev–Trinajstić information content (AvgIpc) is 2.40. The maximum Gasteiger partial charge on any atom is 0.167 e. The average molecular weight is 252 g/mol. The van der Waals surface area contributed by atoms with E-state index in [0.29, 0.717) is 6.42 Å². The van der Waals surface area contributed by atoms with Gasteiger partial charge in [-0.2, -0.15) is 0 Å². The van der Waals surface area contributed by atoms with Gasteiger partial charge in [0.15, 0.2) is 5.78 Å². The summed E-state index contributed by atoms with van der Waals surface area (Å²) in [7, 11) is 0. The minimum absolute atomic E-state index is 0.189. The monoisotopic (exact) mass is 252 g/mol. The fourth-order valence-corrected chi connectivity index (χ4v) is 2.26. The van der Waals surface area contributed by atoms with Crippen LogP contribution in [0.15, 0.2) is 48.5 Å². The van der Waals surface area contributed by atoms with Crippen LogP contribution in [0.25, 0.3) is 0 Å². The normalized spacial score (nSPS) is 10.4. The van der Waals surface area contributed by atoms with E-state index in [1.54, 1.807) is 0 Å². The molecular weight excluding hydrogens is 232 g/mol. The largest absolute Gasteiger partial charge is 0.294 e. The number of carbonyl (C=O) groups is 1. The Morgan fingerprint density at radius 3 is 2.37 bits per heavy atom. The highest BCUT2D eigenvalue weighted by Gasteiger charge is 2.07. The summed E-state index contributed by atoms with van der Waals surface area (Å²) >= 11 is 0. The van der Waals surface area contributed by atoms with Crippen molar-refractivity contribution in [2.24, 2.45) is 0 Å². The molecule has 2 aromatic carbocycles. The molecule has 0 bridgehead atoms. The molecule has 19 heavy (non-hydrogen) atoms. The first-order valence-electron chi connectivity index (χ1n) is 6.86. The molecule has 0 saturated heterocycles. The second kappa shape index (κ2) is 6.33. The molecule has 0 atom stereocenters. The summed E-state index contributed by atoms with van der Waals surface area (Å²) in [4.78, 5) is 12.2. The number of carbonyl (C=O) groups excluding carboxylic acids is 1. The minimum atomic E-state index is 0.189. The summed E-state index contributed by atoms with van der Waals surface area (Å²) in [6.45, 7) is 4.21.